The van der Waals surface area contributed by atoms with E-state index in [1.807, 2.05) is 13.0 Å². The van der Waals surface area contributed by atoms with E-state index >= 15 is 0 Å². The molecule has 0 bridgehead atoms. The van der Waals surface area contributed by atoms with Gasteiger partial charge in [0.1, 0.15) is 22.3 Å². The number of hydrogen-bond donors (Lipinski definition) is 1. The fourth-order valence-electron chi connectivity index (χ4n) is 3.53. The zero-order valence-corrected chi connectivity index (χ0v) is 15.2. The Morgan fingerprint density at radius 3 is 2.96 bits per heavy atom. The summed E-state index contributed by atoms with van der Waals surface area (Å²) in [6.07, 6.45) is 3.38. The number of rotatable bonds is 3. The number of fused-ring (bicyclic) bond motifs is 2. The molecule has 0 radical (unpaired) electrons. The summed E-state index contributed by atoms with van der Waals surface area (Å²) in [5.41, 5.74) is 1.47. The first-order valence-corrected chi connectivity index (χ1v) is 8.81. The zero-order valence-electron chi connectivity index (χ0n) is 15.2. The molecular weight excluding hydrogens is 348 g/mol. The first kappa shape index (κ1) is 17.4. The highest BCUT2D eigenvalue weighted by Crippen LogP contribution is 2.17. The van der Waals surface area contributed by atoms with E-state index in [1.165, 1.54) is 17.6 Å². The van der Waals surface area contributed by atoms with Gasteiger partial charge in [-0.3, -0.25) is 14.6 Å². The summed E-state index contributed by atoms with van der Waals surface area (Å²) in [6, 6.07) is 5.06. The second-order valence-corrected chi connectivity index (χ2v) is 6.68. The Morgan fingerprint density at radius 2 is 2.26 bits per heavy atom. The van der Waals surface area contributed by atoms with Crippen molar-refractivity contribution in [3.05, 3.63) is 51.4 Å². The van der Waals surface area contributed by atoms with Crippen LogP contribution in [0.15, 0.2) is 29.2 Å². The maximum Gasteiger partial charge on any atom is 0.341 e. The molecule has 8 heteroatoms. The molecule has 0 spiro atoms. The van der Waals surface area contributed by atoms with Crippen molar-refractivity contribution < 1.29 is 14.3 Å². The monoisotopic (exact) mass is 368 g/mol. The molecule has 3 aromatic heterocycles. The molecule has 1 aliphatic rings. The zero-order chi connectivity index (χ0) is 19.1. The third kappa shape index (κ3) is 2.82. The molecule has 1 aliphatic heterocycles. The lowest BCUT2D eigenvalue weighted by Gasteiger charge is -2.17. The molecule has 140 valence electrons. The summed E-state index contributed by atoms with van der Waals surface area (Å²) < 4.78 is 13.5. The van der Waals surface area contributed by atoms with Gasteiger partial charge in [0.2, 0.25) is 0 Å². The van der Waals surface area contributed by atoms with Crippen LogP contribution in [0.5, 0.6) is 0 Å². The fourth-order valence-corrected chi connectivity index (χ4v) is 3.53. The molecule has 0 saturated carbocycles. The van der Waals surface area contributed by atoms with Crippen molar-refractivity contribution in [3.8, 4) is 0 Å². The Labute approximate surface area is 154 Å². The molecule has 8 nitrogen and oxygen atoms in total. The molecule has 1 N–H and O–H groups in total. The number of ether oxygens (including phenoxy) is 2. The van der Waals surface area contributed by atoms with Crippen molar-refractivity contribution in [1.82, 2.24) is 14.0 Å². The molecule has 4 rings (SSSR count). The Morgan fingerprint density at radius 1 is 1.44 bits per heavy atom. The Bertz CT molecular complexity index is 1170. The van der Waals surface area contributed by atoms with Gasteiger partial charge >= 0.3 is 5.97 Å². The van der Waals surface area contributed by atoms with Crippen LogP contribution >= 0.6 is 0 Å². The van der Waals surface area contributed by atoms with E-state index in [2.05, 4.69) is 4.98 Å². The van der Waals surface area contributed by atoms with Gasteiger partial charge in [-0.1, -0.05) is 6.07 Å². The van der Waals surface area contributed by atoms with E-state index in [0.29, 0.717) is 24.4 Å². The van der Waals surface area contributed by atoms with E-state index in [9.17, 15) is 9.59 Å². The third-order valence-corrected chi connectivity index (χ3v) is 4.95. The minimum absolute atomic E-state index is 0.0327. The highest BCUT2D eigenvalue weighted by molar-refractivity contribution is 5.93. The normalized spacial score (nSPS) is 16.9. The first-order chi connectivity index (χ1) is 13.0. The summed E-state index contributed by atoms with van der Waals surface area (Å²) in [5.74, 6) is -0.656. The number of aromatic nitrogens is 3. The van der Waals surface area contributed by atoms with Crippen molar-refractivity contribution in [2.75, 3.05) is 13.7 Å². The van der Waals surface area contributed by atoms with Gasteiger partial charge in [-0.15, -0.1) is 0 Å². The molecule has 1 fully saturated rings. The maximum absolute atomic E-state index is 13.1. The number of nitrogens with one attached hydrogen (secondary N) is 1. The molecule has 1 atom stereocenters. The topological polar surface area (TPSA) is 98.7 Å². The highest BCUT2D eigenvalue weighted by atomic mass is 16.5. The van der Waals surface area contributed by atoms with Crippen LogP contribution in [0.4, 0.5) is 0 Å². The van der Waals surface area contributed by atoms with Crippen LogP contribution in [-0.4, -0.2) is 39.7 Å². The number of aryl methyl sites for hydroxylation is 1. The number of carbonyl (C=O) groups is 1. The number of carbonyl (C=O) groups excluding carboxylic acids is 1. The van der Waals surface area contributed by atoms with E-state index in [0.717, 1.165) is 18.4 Å². The minimum atomic E-state index is -0.656. The molecular formula is C19H20N4O4. The molecule has 0 aliphatic carbocycles. The number of esters is 1. The summed E-state index contributed by atoms with van der Waals surface area (Å²) in [7, 11) is 1.26. The van der Waals surface area contributed by atoms with Crippen LogP contribution in [0, 0.1) is 12.3 Å². The largest absolute Gasteiger partial charge is 0.465 e. The second kappa shape index (κ2) is 6.62. The quantitative estimate of drug-likeness (QED) is 0.557. The van der Waals surface area contributed by atoms with Crippen molar-refractivity contribution in [2.24, 2.45) is 0 Å². The molecule has 0 aromatic carbocycles. The van der Waals surface area contributed by atoms with E-state index in [1.54, 1.807) is 16.8 Å². The fraction of sp³-hybridized carbons (Fsp3) is 0.368. The molecule has 4 heterocycles. The van der Waals surface area contributed by atoms with Crippen molar-refractivity contribution >= 4 is 22.6 Å². The van der Waals surface area contributed by atoms with Crippen molar-refractivity contribution in [2.45, 2.75) is 32.4 Å². The van der Waals surface area contributed by atoms with Gasteiger partial charge in [-0.25, -0.2) is 9.78 Å². The number of methoxy groups -OCH3 is 1. The Kier molecular flexibility index (Phi) is 4.27. The molecule has 3 aromatic rings. The predicted octanol–water partition coefficient (Wildman–Crippen LogP) is 1.40. The smallest absolute Gasteiger partial charge is 0.341 e. The van der Waals surface area contributed by atoms with Crippen LogP contribution in [0.3, 0.4) is 0 Å². The van der Waals surface area contributed by atoms with Gasteiger partial charge in [0.15, 0.2) is 0 Å². The van der Waals surface area contributed by atoms with Crippen LogP contribution in [0.25, 0.3) is 16.7 Å². The van der Waals surface area contributed by atoms with Crippen LogP contribution in [0.2, 0.25) is 0 Å². The van der Waals surface area contributed by atoms with Gasteiger partial charge in [0, 0.05) is 12.8 Å². The number of pyridine rings is 2. The Balaban J connectivity index is 2.09. The molecule has 0 amide bonds. The minimum Gasteiger partial charge on any atom is -0.465 e. The van der Waals surface area contributed by atoms with Crippen molar-refractivity contribution in [1.29, 1.82) is 5.41 Å². The Hall–Kier alpha value is -3.00. The number of hydrogen-bond acceptors (Lipinski definition) is 6. The molecule has 0 unspecified atom stereocenters. The predicted molar refractivity (Wildman–Crippen MR) is 97.9 cm³/mol. The van der Waals surface area contributed by atoms with Gasteiger partial charge in [0.25, 0.3) is 5.56 Å². The number of nitrogens with zero attached hydrogens (tertiary/aromatic N) is 3. The standard InChI is InChI=1S/C19H20N4O4/c1-11-5-3-7-22-16(11)21-17-14(18(22)24)9-13(19(25)26-2)15(20)23(17)10-12-6-4-8-27-12/h3,5,7,9,12,20H,4,6,8,10H2,1-2H3/t12-/m0/s1. The van der Waals surface area contributed by atoms with Crippen LogP contribution in [0.1, 0.15) is 28.8 Å². The van der Waals surface area contributed by atoms with Gasteiger partial charge < -0.3 is 14.0 Å². The molecule has 1 saturated heterocycles. The summed E-state index contributed by atoms with van der Waals surface area (Å²) in [4.78, 5) is 29.9. The molecule has 27 heavy (non-hydrogen) atoms. The van der Waals surface area contributed by atoms with E-state index in [-0.39, 0.29) is 28.1 Å². The second-order valence-electron chi connectivity index (χ2n) is 6.68. The third-order valence-electron chi connectivity index (χ3n) is 4.95. The van der Waals surface area contributed by atoms with Crippen molar-refractivity contribution in [3.63, 3.8) is 0 Å². The average Bonchev–Trinajstić information content (AvgIpc) is 3.18. The maximum atomic E-state index is 13.1. The highest BCUT2D eigenvalue weighted by Gasteiger charge is 2.22. The van der Waals surface area contributed by atoms with Gasteiger partial charge in [0.05, 0.1) is 25.1 Å². The SMILES string of the molecule is COC(=O)c1cc2c(=O)n3cccc(C)c3nc2n(C[C@@H]2CCCO2)c1=N. The average molecular weight is 368 g/mol. The summed E-state index contributed by atoms with van der Waals surface area (Å²) in [6.45, 7) is 2.91. The lowest BCUT2D eigenvalue weighted by molar-refractivity contribution is 0.0595. The summed E-state index contributed by atoms with van der Waals surface area (Å²) >= 11 is 0. The van der Waals surface area contributed by atoms with Gasteiger partial charge in [-0.2, -0.15) is 0 Å². The van der Waals surface area contributed by atoms with Crippen LogP contribution in [-0.2, 0) is 16.0 Å². The lowest BCUT2D eigenvalue weighted by Crippen LogP contribution is -2.33. The van der Waals surface area contributed by atoms with E-state index < -0.39 is 5.97 Å². The lowest BCUT2D eigenvalue weighted by atomic mass is 10.2. The van der Waals surface area contributed by atoms with Gasteiger partial charge in [-0.05, 0) is 37.5 Å². The first-order valence-electron chi connectivity index (χ1n) is 8.81. The van der Waals surface area contributed by atoms with E-state index in [4.69, 9.17) is 14.9 Å². The van der Waals surface area contributed by atoms with Crippen LogP contribution < -0.4 is 11.0 Å². The summed E-state index contributed by atoms with van der Waals surface area (Å²) in [5, 5.41) is 8.79.